The van der Waals surface area contributed by atoms with Crippen molar-refractivity contribution < 1.29 is 9.59 Å². The van der Waals surface area contributed by atoms with Crippen LogP contribution in [-0.4, -0.2) is 57.8 Å². The topological polar surface area (TPSA) is 66.4 Å². The first-order valence-electron chi connectivity index (χ1n) is 13.9. The van der Waals surface area contributed by atoms with Gasteiger partial charge in [-0.2, -0.15) is 0 Å². The molecule has 2 aliphatic heterocycles. The molecule has 41 heavy (non-hydrogen) atoms. The average molecular weight is 679 g/mol. The summed E-state index contributed by atoms with van der Waals surface area (Å²) in [5.41, 5.74) is 2.30. The molecule has 0 saturated carbocycles. The maximum Gasteiger partial charge on any atom is 0.255 e. The lowest BCUT2D eigenvalue weighted by atomic mass is 9.99. The van der Waals surface area contributed by atoms with E-state index in [-0.39, 0.29) is 11.8 Å². The van der Waals surface area contributed by atoms with Crippen molar-refractivity contribution in [2.45, 2.75) is 50.2 Å². The molecular formula is C31H35BrCl2N4O2S. The van der Waals surface area contributed by atoms with Gasteiger partial charge < -0.3 is 9.80 Å². The fourth-order valence-electron chi connectivity index (χ4n) is 4.78. The number of likely N-dealkylation sites (tertiary alicyclic amines) is 2. The van der Waals surface area contributed by atoms with Crippen LogP contribution in [0.5, 0.6) is 0 Å². The van der Waals surface area contributed by atoms with Crippen molar-refractivity contribution in [3.8, 4) is 0 Å². The molecule has 0 radical (unpaired) electrons. The second-order valence-electron chi connectivity index (χ2n) is 10.8. The minimum absolute atomic E-state index is 0.0713. The number of amides is 2. The summed E-state index contributed by atoms with van der Waals surface area (Å²) in [7, 11) is 0. The summed E-state index contributed by atoms with van der Waals surface area (Å²) in [5, 5.41) is 1.28. The minimum atomic E-state index is 0.0713. The van der Waals surface area contributed by atoms with E-state index < -0.39 is 0 Å². The molecule has 2 aliphatic rings. The molecule has 2 fully saturated rings. The molecule has 2 aromatic heterocycles. The molecule has 4 heterocycles. The molecule has 0 spiro atoms. The van der Waals surface area contributed by atoms with Crippen molar-refractivity contribution in [1.82, 2.24) is 19.8 Å². The lowest BCUT2D eigenvalue weighted by Gasteiger charge is -2.30. The van der Waals surface area contributed by atoms with Crippen LogP contribution in [0.1, 0.15) is 65.8 Å². The fraction of sp³-hybridized carbons (Fsp3) is 0.419. The van der Waals surface area contributed by atoms with Crippen LogP contribution in [0.3, 0.4) is 0 Å². The van der Waals surface area contributed by atoms with Gasteiger partial charge in [0.2, 0.25) is 0 Å². The molecule has 0 aliphatic carbocycles. The van der Waals surface area contributed by atoms with Crippen molar-refractivity contribution >= 4 is 62.7 Å². The summed E-state index contributed by atoms with van der Waals surface area (Å²) >= 11 is 17.3. The van der Waals surface area contributed by atoms with Crippen LogP contribution in [0, 0.1) is 11.8 Å². The number of rotatable bonds is 5. The largest absolute Gasteiger partial charge is 0.339 e. The average Bonchev–Trinajstić information content (AvgIpc) is 2.97. The Balaban J connectivity index is 0.000000208. The third-order valence-corrected chi connectivity index (χ3v) is 9.93. The Bertz CT molecular complexity index is 1320. The van der Waals surface area contributed by atoms with Crippen LogP contribution in [0.4, 0.5) is 0 Å². The van der Waals surface area contributed by atoms with Gasteiger partial charge in [0.25, 0.3) is 11.8 Å². The number of carbonyl (C=O) groups excluding carboxylic acids is 2. The molecule has 0 atom stereocenters. The predicted octanol–water partition coefficient (Wildman–Crippen LogP) is 8.27. The Hall–Kier alpha value is -2.13. The smallest absolute Gasteiger partial charge is 0.255 e. The zero-order chi connectivity index (χ0) is 29.4. The van der Waals surface area contributed by atoms with Crippen LogP contribution < -0.4 is 0 Å². The van der Waals surface area contributed by atoms with Crippen LogP contribution in [0.15, 0.2) is 64.5 Å². The van der Waals surface area contributed by atoms with Gasteiger partial charge in [-0.05, 0) is 83.3 Å². The van der Waals surface area contributed by atoms with E-state index in [0.29, 0.717) is 32.8 Å². The second-order valence-corrected chi connectivity index (χ2v) is 13.5. The molecule has 0 N–H and O–H groups in total. The van der Waals surface area contributed by atoms with Gasteiger partial charge >= 0.3 is 0 Å². The molecular weight excluding hydrogens is 643 g/mol. The van der Waals surface area contributed by atoms with Crippen LogP contribution in [-0.2, 0) is 5.75 Å². The molecule has 10 heteroatoms. The Morgan fingerprint density at radius 1 is 0.829 bits per heavy atom. The highest BCUT2D eigenvalue weighted by atomic mass is 79.9. The van der Waals surface area contributed by atoms with Crippen LogP contribution >= 0.6 is 50.9 Å². The van der Waals surface area contributed by atoms with E-state index in [4.69, 9.17) is 23.2 Å². The number of thioether (sulfide) groups is 1. The van der Waals surface area contributed by atoms with Gasteiger partial charge in [-0.25, -0.2) is 0 Å². The van der Waals surface area contributed by atoms with E-state index in [0.717, 1.165) is 72.7 Å². The standard InChI is InChI=1S/C19H20Cl2N2OS.C12H15BrN2O/c1-13-5-7-23(8-6-13)19(24)15-9-14(10-22-11-15)12-25-18-16(20)3-2-4-17(18)21;1-9-2-4-15(5-3-9)12(16)10-6-11(13)8-14-7-10/h2-4,9-11,13H,5-8,12H2,1H3;6-9H,2-5H2,1H3. The Morgan fingerprint density at radius 2 is 1.32 bits per heavy atom. The molecule has 3 aromatic rings. The van der Waals surface area contributed by atoms with E-state index in [1.807, 2.05) is 40.1 Å². The normalized spacial score (nSPS) is 16.2. The van der Waals surface area contributed by atoms with Crippen molar-refractivity contribution in [3.63, 3.8) is 0 Å². The second kappa shape index (κ2) is 15.4. The predicted molar refractivity (Wildman–Crippen MR) is 171 cm³/mol. The Morgan fingerprint density at radius 3 is 1.83 bits per heavy atom. The number of hydrogen-bond acceptors (Lipinski definition) is 5. The third kappa shape index (κ3) is 9.18. The molecule has 6 nitrogen and oxygen atoms in total. The summed E-state index contributed by atoms with van der Waals surface area (Å²) in [6.07, 6.45) is 11.1. The van der Waals surface area contributed by atoms with E-state index in [1.165, 1.54) is 0 Å². The zero-order valence-corrected chi connectivity index (χ0v) is 27.3. The summed E-state index contributed by atoms with van der Waals surface area (Å²) in [4.78, 5) is 37.8. The van der Waals surface area contributed by atoms with E-state index in [1.54, 1.807) is 36.5 Å². The van der Waals surface area contributed by atoms with Crippen molar-refractivity contribution in [2.75, 3.05) is 26.2 Å². The fourth-order valence-corrected chi connectivity index (χ4v) is 6.75. The number of carbonyl (C=O) groups is 2. The maximum atomic E-state index is 12.7. The SMILES string of the molecule is CC1CCN(C(=O)c2cncc(Br)c2)CC1.CC1CCN(C(=O)c2cncc(CSc3c(Cl)cccc3Cl)c2)CC1. The van der Waals surface area contributed by atoms with E-state index in [2.05, 4.69) is 39.7 Å². The first-order valence-corrected chi connectivity index (χ1v) is 16.4. The van der Waals surface area contributed by atoms with Gasteiger partial charge in [-0.15, -0.1) is 11.8 Å². The molecule has 5 rings (SSSR count). The number of piperidine rings is 2. The quantitative estimate of drug-likeness (QED) is 0.254. The molecule has 1 aromatic carbocycles. The molecule has 218 valence electrons. The van der Waals surface area contributed by atoms with Gasteiger partial charge in [-0.3, -0.25) is 19.6 Å². The summed E-state index contributed by atoms with van der Waals surface area (Å²) in [6.45, 7) is 7.87. The van der Waals surface area contributed by atoms with Gasteiger partial charge in [-0.1, -0.05) is 43.1 Å². The third-order valence-electron chi connectivity index (χ3n) is 7.44. The first-order chi connectivity index (χ1) is 19.7. The highest BCUT2D eigenvalue weighted by molar-refractivity contribution is 9.10. The number of aromatic nitrogens is 2. The first kappa shape index (κ1) is 31.8. The summed E-state index contributed by atoms with van der Waals surface area (Å²) in [5.74, 6) is 2.27. The summed E-state index contributed by atoms with van der Waals surface area (Å²) in [6, 6.07) is 9.23. The highest BCUT2D eigenvalue weighted by Crippen LogP contribution is 2.35. The minimum Gasteiger partial charge on any atom is -0.339 e. The van der Waals surface area contributed by atoms with Gasteiger partial charge in [0.05, 0.1) is 21.2 Å². The highest BCUT2D eigenvalue weighted by Gasteiger charge is 2.23. The van der Waals surface area contributed by atoms with Crippen LogP contribution in [0.2, 0.25) is 10.0 Å². The number of halogens is 3. The van der Waals surface area contributed by atoms with Crippen molar-refractivity contribution in [2.24, 2.45) is 11.8 Å². The molecule has 0 unspecified atom stereocenters. The van der Waals surface area contributed by atoms with Gasteiger partial charge in [0.1, 0.15) is 0 Å². The van der Waals surface area contributed by atoms with Gasteiger partial charge in [0.15, 0.2) is 0 Å². The molecule has 2 amide bonds. The number of hydrogen-bond donors (Lipinski definition) is 0. The van der Waals surface area contributed by atoms with E-state index in [9.17, 15) is 9.59 Å². The molecule has 2 saturated heterocycles. The Labute approximate surface area is 265 Å². The number of nitrogens with zero attached hydrogens (tertiary/aromatic N) is 4. The van der Waals surface area contributed by atoms with Gasteiger partial charge in [0, 0.05) is 66.1 Å². The van der Waals surface area contributed by atoms with Crippen molar-refractivity contribution in [3.05, 3.63) is 86.3 Å². The lowest BCUT2D eigenvalue weighted by molar-refractivity contribution is 0.0689. The van der Waals surface area contributed by atoms with Crippen molar-refractivity contribution in [1.29, 1.82) is 0 Å². The van der Waals surface area contributed by atoms with Crippen LogP contribution in [0.25, 0.3) is 0 Å². The number of benzene rings is 1. The lowest BCUT2D eigenvalue weighted by Crippen LogP contribution is -2.37. The van der Waals surface area contributed by atoms with E-state index >= 15 is 0 Å². The summed E-state index contributed by atoms with van der Waals surface area (Å²) < 4.78 is 0.851. The Kier molecular flexibility index (Phi) is 11.9. The maximum absolute atomic E-state index is 12.7. The monoisotopic (exact) mass is 676 g/mol. The zero-order valence-electron chi connectivity index (χ0n) is 23.4. The number of pyridine rings is 2. The molecule has 0 bridgehead atoms.